The summed E-state index contributed by atoms with van der Waals surface area (Å²) in [6.07, 6.45) is 47.8. The van der Waals surface area contributed by atoms with E-state index >= 15 is 0 Å². The van der Waals surface area contributed by atoms with E-state index in [2.05, 4.69) is 55.6 Å². The maximum atomic E-state index is 12.1. The topological polar surface area (TPSA) is 131 Å². The van der Waals surface area contributed by atoms with Crippen LogP contribution in [-0.2, 0) is 27.9 Å². The number of allylic oxidation sites excluding steroid dienone is 6. The van der Waals surface area contributed by atoms with Crippen molar-refractivity contribution in [3.8, 4) is 0 Å². The molecule has 56 heavy (non-hydrogen) atoms. The minimum Gasteiger partial charge on any atom is -0.463 e. The fourth-order valence-corrected chi connectivity index (χ4v) is 7.09. The van der Waals surface area contributed by atoms with E-state index in [1.54, 1.807) is 0 Å². The molecule has 0 radical (unpaired) electrons. The fourth-order valence-electron chi connectivity index (χ4n) is 6.33. The van der Waals surface area contributed by atoms with Crippen LogP contribution in [0.2, 0.25) is 0 Å². The monoisotopic (exact) mass is 812 g/mol. The summed E-state index contributed by atoms with van der Waals surface area (Å²) in [4.78, 5) is 33.9. The highest BCUT2D eigenvalue weighted by atomic mass is 31.2. The lowest BCUT2D eigenvalue weighted by atomic mass is 10.0. The number of ether oxygens (including phenoxy) is 1. The first-order valence-electron chi connectivity index (χ1n) is 23.0. The van der Waals surface area contributed by atoms with Gasteiger partial charge in [-0.25, -0.2) is 4.57 Å². The average molecular weight is 812 g/mol. The van der Waals surface area contributed by atoms with E-state index in [-0.39, 0.29) is 32.1 Å². The Balaban J connectivity index is 3.59. The van der Waals surface area contributed by atoms with Gasteiger partial charge >= 0.3 is 13.8 Å². The van der Waals surface area contributed by atoms with Crippen LogP contribution < -0.4 is 5.32 Å². The molecule has 0 aromatic rings. The van der Waals surface area contributed by atoms with Crippen LogP contribution >= 0.6 is 7.82 Å². The van der Waals surface area contributed by atoms with Crippen molar-refractivity contribution >= 4 is 19.7 Å². The molecule has 10 heteroatoms. The number of hydrogen-bond donors (Lipinski definition) is 3. The fraction of sp³-hybridized carbons (Fsp3) is 0.826. The van der Waals surface area contributed by atoms with Gasteiger partial charge in [-0.3, -0.25) is 18.6 Å². The highest BCUT2D eigenvalue weighted by Gasteiger charge is 2.23. The number of unbranched alkanes of at least 4 members (excludes halogenated alkanes) is 24. The number of amides is 1. The molecule has 0 aromatic carbocycles. The molecule has 0 saturated heterocycles. The Kier molecular flexibility index (Phi) is 41.5. The van der Waals surface area contributed by atoms with Gasteiger partial charge in [0, 0.05) is 19.4 Å². The highest BCUT2D eigenvalue weighted by Crippen LogP contribution is 2.42. The molecule has 0 spiro atoms. The van der Waals surface area contributed by atoms with Crippen molar-refractivity contribution in [2.45, 2.75) is 219 Å². The van der Waals surface area contributed by atoms with Gasteiger partial charge in [-0.1, -0.05) is 185 Å². The first-order valence-corrected chi connectivity index (χ1v) is 24.5. The second-order valence-electron chi connectivity index (χ2n) is 15.4. The van der Waals surface area contributed by atoms with Gasteiger partial charge in [0.05, 0.1) is 13.2 Å². The van der Waals surface area contributed by atoms with Gasteiger partial charge < -0.3 is 20.1 Å². The van der Waals surface area contributed by atoms with E-state index in [1.807, 2.05) is 0 Å². The Morgan fingerprint density at radius 2 is 0.964 bits per heavy atom. The van der Waals surface area contributed by atoms with Crippen molar-refractivity contribution in [1.82, 2.24) is 5.32 Å². The summed E-state index contributed by atoms with van der Waals surface area (Å²) in [7, 11) is -4.42. The number of carbonyl (C=O) groups is 2. The number of carbonyl (C=O) groups excluding carboxylic acids is 2. The molecule has 0 rings (SSSR count). The summed E-state index contributed by atoms with van der Waals surface area (Å²) in [5.74, 6) is -0.519. The van der Waals surface area contributed by atoms with Crippen molar-refractivity contribution in [3.05, 3.63) is 36.5 Å². The molecule has 2 atom stereocenters. The summed E-state index contributed by atoms with van der Waals surface area (Å²) < 4.78 is 26.9. The third-order valence-corrected chi connectivity index (χ3v) is 10.8. The number of aliphatic hydroxyl groups is 1. The molecule has 2 unspecified atom stereocenters. The van der Waals surface area contributed by atoms with Gasteiger partial charge in [0.25, 0.3) is 0 Å². The van der Waals surface area contributed by atoms with E-state index in [1.165, 1.54) is 128 Å². The zero-order valence-corrected chi connectivity index (χ0v) is 37.0. The summed E-state index contributed by atoms with van der Waals surface area (Å²) >= 11 is 0. The molecule has 0 fully saturated rings. The smallest absolute Gasteiger partial charge is 0.463 e. The molecular weight excluding hydrogens is 725 g/mol. The minimum absolute atomic E-state index is 0.0783. The molecule has 328 valence electrons. The van der Waals surface area contributed by atoms with Crippen LogP contribution in [0.25, 0.3) is 0 Å². The second-order valence-corrected chi connectivity index (χ2v) is 16.8. The molecule has 0 aromatic heterocycles. The number of phosphoric ester groups is 1. The lowest BCUT2D eigenvalue weighted by Crippen LogP contribution is -2.27. The molecule has 1 amide bonds. The maximum absolute atomic E-state index is 12.1. The molecule has 0 bridgehead atoms. The first-order chi connectivity index (χ1) is 27.3. The molecular formula is C46H86NO8P. The quantitative estimate of drug-likeness (QED) is 0.0240. The standard InChI is InChI=1S/C46H86NO8P/c1-3-5-7-9-11-13-15-17-19-20-21-22-23-24-25-26-28-30-32-34-36-38-45(49)47-40-41-54-56(51,52)55-43-44(48)42-53-46(50)39-37-35-33-31-29-27-18-16-14-12-10-8-6-4-2/h11,13,17,19,21-22,44,48H,3-10,12,14-16,18,20,23-43H2,1-2H3,(H,47,49)(H,51,52)/b13-11-,19-17-,22-21-. The maximum Gasteiger partial charge on any atom is 0.472 e. The lowest BCUT2D eigenvalue weighted by Gasteiger charge is -2.15. The van der Waals surface area contributed by atoms with Crippen LogP contribution in [-0.4, -0.2) is 54.3 Å². The van der Waals surface area contributed by atoms with Crippen molar-refractivity contribution in [3.63, 3.8) is 0 Å². The largest absolute Gasteiger partial charge is 0.472 e. The Bertz CT molecular complexity index is 1020. The number of esters is 1. The van der Waals surface area contributed by atoms with Gasteiger partial charge in [-0.15, -0.1) is 0 Å². The summed E-state index contributed by atoms with van der Waals surface area (Å²) in [5, 5.41) is 12.7. The number of aliphatic hydroxyl groups excluding tert-OH is 1. The number of phosphoric acid groups is 1. The van der Waals surface area contributed by atoms with Crippen LogP contribution in [0.5, 0.6) is 0 Å². The lowest BCUT2D eigenvalue weighted by molar-refractivity contribution is -0.147. The molecule has 0 aliphatic heterocycles. The molecule has 0 aliphatic carbocycles. The first kappa shape index (κ1) is 54.2. The van der Waals surface area contributed by atoms with Crippen LogP contribution in [0.15, 0.2) is 36.5 Å². The van der Waals surface area contributed by atoms with Crippen molar-refractivity contribution < 1.29 is 37.9 Å². The van der Waals surface area contributed by atoms with Gasteiger partial charge in [0.2, 0.25) is 5.91 Å². The summed E-state index contributed by atoms with van der Waals surface area (Å²) in [5.41, 5.74) is 0. The molecule has 0 saturated carbocycles. The second kappa shape index (κ2) is 42.8. The minimum atomic E-state index is -4.42. The third kappa shape index (κ3) is 43.4. The van der Waals surface area contributed by atoms with Gasteiger partial charge in [0.1, 0.15) is 12.7 Å². The van der Waals surface area contributed by atoms with Crippen LogP contribution in [0.4, 0.5) is 0 Å². The third-order valence-electron chi connectivity index (χ3n) is 9.82. The predicted octanol–water partition coefficient (Wildman–Crippen LogP) is 12.9. The van der Waals surface area contributed by atoms with Crippen molar-refractivity contribution in [2.75, 3.05) is 26.4 Å². The Hall–Kier alpha value is -1.77. The van der Waals surface area contributed by atoms with Crippen molar-refractivity contribution in [2.24, 2.45) is 0 Å². The zero-order chi connectivity index (χ0) is 41.1. The number of rotatable bonds is 43. The molecule has 0 heterocycles. The average Bonchev–Trinajstić information content (AvgIpc) is 3.18. The molecule has 3 N–H and O–H groups in total. The van der Waals surface area contributed by atoms with E-state index < -0.39 is 26.5 Å². The summed E-state index contributed by atoms with van der Waals surface area (Å²) in [6, 6.07) is 0. The number of nitrogens with one attached hydrogen (secondary N) is 1. The number of hydrogen-bond acceptors (Lipinski definition) is 7. The molecule has 9 nitrogen and oxygen atoms in total. The molecule has 0 aliphatic rings. The van der Waals surface area contributed by atoms with Gasteiger partial charge in [-0.2, -0.15) is 0 Å². The van der Waals surface area contributed by atoms with E-state index in [9.17, 15) is 24.2 Å². The van der Waals surface area contributed by atoms with E-state index in [0.29, 0.717) is 6.42 Å². The van der Waals surface area contributed by atoms with Crippen LogP contribution in [0.3, 0.4) is 0 Å². The van der Waals surface area contributed by atoms with Gasteiger partial charge in [0.15, 0.2) is 0 Å². The SMILES string of the molecule is CCCCC/C=C\C/C=C\C/C=C\CCCCCCCCCCC(=O)NCCOP(=O)(O)OCC(O)COC(=O)CCCCCCCCCCCCCCCC. The predicted molar refractivity (Wildman–Crippen MR) is 234 cm³/mol. The van der Waals surface area contributed by atoms with Gasteiger partial charge in [-0.05, 0) is 51.4 Å². The van der Waals surface area contributed by atoms with Crippen LogP contribution in [0.1, 0.15) is 213 Å². The van der Waals surface area contributed by atoms with Crippen molar-refractivity contribution in [1.29, 1.82) is 0 Å². The Morgan fingerprint density at radius 1 is 0.554 bits per heavy atom. The highest BCUT2D eigenvalue weighted by molar-refractivity contribution is 7.47. The Labute approximate surface area is 343 Å². The van der Waals surface area contributed by atoms with E-state index in [4.69, 9.17) is 13.8 Å². The zero-order valence-electron chi connectivity index (χ0n) is 36.1. The Morgan fingerprint density at radius 3 is 1.48 bits per heavy atom. The van der Waals surface area contributed by atoms with Crippen LogP contribution in [0, 0.1) is 0 Å². The van der Waals surface area contributed by atoms with E-state index in [0.717, 1.165) is 57.8 Å². The normalized spacial score (nSPS) is 13.6. The summed E-state index contributed by atoms with van der Waals surface area (Å²) in [6.45, 7) is 3.53.